The van der Waals surface area contributed by atoms with Crippen LogP contribution in [0.1, 0.15) is 79.1 Å². The van der Waals surface area contributed by atoms with Crippen molar-refractivity contribution in [3.05, 3.63) is 23.2 Å². The van der Waals surface area contributed by atoms with Gasteiger partial charge in [0.1, 0.15) is 0 Å². The Labute approximate surface area is 173 Å². The third-order valence-corrected chi connectivity index (χ3v) is 5.52. The molecule has 1 unspecified atom stereocenters. The maximum absolute atomic E-state index is 11.5. The van der Waals surface area contributed by atoms with Crippen molar-refractivity contribution in [2.45, 2.75) is 90.8 Å². The van der Waals surface area contributed by atoms with E-state index in [9.17, 15) is 24.9 Å². The molecule has 1 rings (SSSR count). The Bertz CT molecular complexity index is 635. The molecule has 3 atom stereocenters. The molecule has 0 aromatic rings. The Morgan fingerprint density at radius 1 is 1.14 bits per heavy atom. The Balaban J connectivity index is 2.54. The highest BCUT2D eigenvalue weighted by Gasteiger charge is 2.56. The van der Waals surface area contributed by atoms with Gasteiger partial charge in [-0.3, -0.25) is 0 Å². The number of cyclic esters (lactones) is 1. The third-order valence-electron chi connectivity index (χ3n) is 5.52. The number of carbonyl (C=O) groups is 2. The minimum absolute atomic E-state index is 0.148. The fourth-order valence-corrected chi connectivity index (χ4v) is 3.63. The number of carbonyl (C=O) groups excluding carboxylic acids is 1. The van der Waals surface area contributed by atoms with E-state index in [4.69, 9.17) is 9.84 Å². The van der Waals surface area contributed by atoms with Crippen LogP contribution in [-0.2, 0) is 14.3 Å². The van der Waals surface area contributed by atoms with E-state index in [0.717, 1.165) is 30.8 Å². The monoisotopic (exact) mass is 412 g/mol. The van der Waals surface area contributed by atoms with Crippen LogP contribution in [-0.4, -0.2) is 44.1 Å². The number of carboxylic acid groups (broad SMARTS) is 1. The van der Waals surface area contributed by atoms with Crippen molar-refractivity contribution in [1.82, 2.24) is 0 Å². The summed E-state index contributed by atoms with van der Waals surface area (Å²) >= 11 is 0. The van der Waals surface area contributed by atoms with Gasteiger partial charge >= 0.3 is 11.9 Å². The molecule has 166 valence electrons. The number of carboxylic acids is 1. The first-order valence-corrected chi connectivity index (χ1v) is 10.4. The first-order chi connectivity index (χ1) is 13.5. The lowest BCUT2D eigenvalue weighted by atomic mass is 9.88. The maximum atomic E-state index is 11.5. The molecule has 0 aromatic heterocycles. The summed E-state index contributed by atoms with van der Waals surface area (Å²) in [7, 11) is 0. The van der Waals surface area contributed by atoms with Gasteiger partial charge in [-0.25, -0.2) is 9.59 Å². The molecular weight excluding hydrogens is 376 g/mol. The summed E-state index contributed by atoms with van der Waals surface area (Å²) in [6.07, 6.45) is 6.68. The van der Waals surface area contributed by atoms with E-state index >= 15 is 0 Å². The van der Waals surface area contributed by atoms with Gasteiger partial charge in [-0.1, -0.05) is 58.1 Å². The largest absolute Gasteiger partial charge is 0.505 e. The zero-order valence-electron chi connectivity index (χ0n) is 18.0. The minimum atomic E-state index is -2.17. The molecule has 1 aliphatic heterocycles. The molecular formula is C22H36O7. The lowest BCUT2D eigenvalue weighted by Crippen LogP contribution is -2.49. The second kappa shape index (κ2) is 11.2. The lowest BCUT2D eigenvalue weighted by Gasteiger charge is -2.29. The molecule has 1 aliphatic rings. The normalized spacial score (nSPS) is 22.1. The van der Waals surface area contributed by atoms with Gasteiger partial charge < -0.3 is 25.2 Å². The molecule has 0 spiro atoms. The molecule has 1 heterocycles. The fraction of sp³-hybridized carbons (Fsp3) is 0.727. The second-order valence-electron chi connectivity index (χ2n) is 8.63. The minimum Gasteiger partial charge on any atom is -0.505 e. The van der Waals surface area contributed by atoms with Crippen LogP contribution in [0.25, 0.3) is 0 Å². The van der Waals surface area contributed by atoms with Crippen molar-refractivity contribution < 1.29 is 34.8 Å². The molecule has 7 nitrogen and oxygen atoms in total. The highest BCUT2D eigenvalue weighted by atomic mass is 16.6. The van der Waals surface area contributed by atoms with E-state index in [0.29, 0.717) is 5.92 Å². The van der Waals surface area contributed by atoms with Crippen molar-refractivity contribution in [2.24, 2.45) is 11.8 Å². The zero-order chi connectivity index (χ0) is 22.2. The van der Waals surface area contributed by atoms with Gasteiger partial charge in [0.05, 0.1) is 0 Å². The smallest absolute Gasteiger partial charge is 0.378 e. The number of rotatable bonds is 13. The average Bonchev–Trinajstić information content (AvgIpc) is 2.85. The standard InChI is InChI=1S/C22H36O7/c1-14(2)8-5-9-15(3)10-6-11-16(4)12-7-13-22(19(25)20(26)27)18(24)17(23)21(28)29-22/h12,14-15,19,23-25H,5-11,13H2,1-4H3,(H,26,27)/t15?,19-,22-/m0/s1. The average molecular weight is 413 g/mol. The molecule has 0 amide bonds. The summed E-state index contributed by atoms with van der Waals surface area (Å²) in [5.41, 5.74) is -1.05. The molecule has 0 saturated heterocycles. The van der Waals surface area contributed by atoms with Crippen LogP contribution in [0.3, 0.4) is 0 Å². The molecule has 4 N–H and O–H groups in total. The van der Waals surface area contributed by atoms with Crippen molar-refractivity contribution in [3.8, 4) is 0 Å². The van der Waals surface area contributed by atoms with Gasteiger partial charge in [0.2, 0.25) is 11.4 Å². The van der Waals surface area contributed by atoms with E-state index in [1.165, 1.54) is 19.3 Å². The number of hydrogen-bond donors (Lipinski definition) is 4. The summed E-state index contributed by atoms with van der Waals surface area (Å²) in [6.45, 7) is 8.72. The molecule has 0 radical (unpaired) electrons. The fourth-order valence-electron chi connectivity index (χ4n) is 3.63. The molecule has 0 aliphatic carbocycles. The number of aliphatic hydroxyl groups excluding tert-OH is 3. The summed E-state index contributed by atoms with van der Waals surface area (Å²) in [4.78, 5) is 22.7. The number of esters is 1. The van der Waals surface area contributed by atoms with Crippen LogP contribution in [0.5, 0.6) is 0 Å². The second-order valence-corrected chi connectivity index (χ2v) is 8.63. The molecule has 7 heteroatoms. The van der Waals surface area contributed by atoms with Gasteiger partial charge in [-0.15, -0.1) is 0 Å². The Hall–Kier alpha value is -2.02. The van der Waals surface area contributed by atoms with Gasteiger partial charge in [0, 0.05) is 6.42 Å². The highest BCUT2D eigenvalue weighted by Crippen LogP contribution is 2.37. The van der Waals surface area contributed by atoms with Gasteiger partial charge in [0.15, 0.2) is 11.9 Å². The van der Waals surface area contributed by atoms with Crippen LogP contribution in [0.4, 0.5) is 0 Å². The van der Waals surface area contributed by atoms with Gasteiger partial charge in [-0.05, 0) is 38.0 Å². The number of aliphatic carboxylic acids is 1. The first-order valence-electron chi connectivity index (χ1n) is 10.4. The molecule has 0 fully saturated rings. The van der Waals surface area contributed by atoms with Crippen LogP contribution < -0.4 is 0 Å². The lowest BCUT2D eigenvalue weighted by molar-refractivity contribution is -0.175. The van der Waals surface area contributed by atoms with Gasteiger partial charge in [-0.2, -0.15) is 0 Å². The topological polar surface area (TPSA) is 124 Å². The van der Waals surface area contributed by atoms with E-state index in [-0.39, 0.29) is 12.8 Å². The van der Waals surface area contributed by atoms with Crippen LogP contribution in [0, 0.1) is 11.8 Å². The number of allylic oxidation sites excluding steroid dienone is 2. The van der Waals surface area contributed by atoms with E-state index < -0.39 is 35.2 Å². The molecule has 29 heavy (non-hydrogen) atoms. The number of aliphatic hydroxyl groups is 3. The molecule has 0 bridgehead atoms. The van der Waals surface area contributed by atoms with E-state index in [1.54, 1.807) is 0 Å². The Morgan fingerprint density at radius 3 is 2.28 bits per heavy atom. The van der Waals surface area contributed by atoms with E-state index in [1.807, 2.05) is 13.0 Å². The van der Waals surface area contributed by atoms with Crippen molar-refractivity contribution >= 4 is 11.9 Å². The van der Waals surface area contributed by atoms with Crippen molar-refractivity contribution in [3.63, 3.8) is 0 Å². The van der Waals surface area contributed by atoms with E-state index in [2.05, 4.69) is 20.8 Å². The van der Waals surface area contributed by atoms with Crippen LogP contribution >= 0.6 is 0 Å². The number of ether oxygens (including phenoxy) is 1. The predicted molar refractivity (Wildman–Crippen MR) is 109 cm³/mol. The summed E-state index contributed by atoms with van der Waals surface area (Å²) in [5.74, 6) is -3.46. The Kier molecular flexibility index (Phi) is 9.70. The number of hydrogen-bond acceptors (Lipinski definition) is 6. The summed E-state index contributed by atoms with van der Waals surface area (Å²) < 4.78 is 4.87. The van der Waals surface area contributed by atoms with Crippen LogP contribution in [0.15, 0.2) is 23.2 Å². The van der Waals surface area contributed by atoms with Gasteiger partial charge in [0.25, 0.3) is 0 Å². The van der Waals surface area contributed by atoms with Crippen molar-refractivity contribution in [2.75, 3.05) is 0 Å². The quantitative estimate of drug-likeness (QED) is 0.261. The van der Waals surface area contributed by atoms with Crippen molar-refractivity contribution in [1.29, 1.82) is 0 Å². The predicted octanol–water partition coefficient (Wildman–Crippen LogP) is 4.41. The third kappa shape index (κ3) is 7.07. The first kappa shape index (κ1) is 25.0. The SMILES string of the molecule is CC(=CCC[C@]1([C@@H](O)C(=O)O)OC(=O)C(O)=C1O)CCCC(C)CCCC(C)C. The molecule has 0 aromatic carbocycles. The zero-order valence-corrected chi connectivity index (χ0v) is 18.0. The Morgan fingerprint density at radius 2 is 1.76 bits per heavy atom. The highest BCUT2D eigenvalue weighted by molar-refractivity contribution is 5.91. The summed E-state index contributed by atoms with van der Waals surface area (Å²) in [6, 6.07) is 0. The summed E-state index contributed by atoms with van der Waals surface area (Å²) in [5, 5.41) is 38.6. The maximum Gasteiger partial charge on any atom is 0.378 e. The van der Waals surface area contributed by atoms with Crippen LogP contribution in [0.2, 0.25) is 0 Å². The molecule has 0 saturated carbocycles.